The summed E-state index contributed by atoms with van der Waals surface area (Å²) in [5, 5.41) is 10.9. The molecule has 1 aromatic heterocycles. The molecule has 1 aromatic rings. The molecule has 2 aliphatic heterocycles. The van der Waals surface area contributed by atoms with Crippen LogP contribution in [-0.2, 0) is 0 Å². The van der Waals surface area contributed by atoms with Gasteiger partial charge in [0.15, 0.2) is 6.29 Å². The molecular formula is C12H15NO2S. The first-order valence-corrected chi connectivity index (χ1v) is 6.61. The summed E-state index contributed by atoms with van der Waals surface area (Å²) < 4.78 is 0. The highest BCUT2D eigenvalue weighted by Crippen LogP contribution is 2.41. The lowest BCUT2D eigenvalue weighted by Gasteiger charge is -2.37. The van der Waals surface area contributed by atoms with Crippen molar-refractivity contribution in [3.05, 3.63) is 17.0 Å². The quantitative estimate of drug-likeness (QED) is 0.800. The van der Waals surface area contributed by atoms with Crippen LogP contribution in [0.3, 0.4) is 0 Å². The van der Waals surface area contributed by atoms with E-state index >= 15 is 0 Å². The van der Waals surface area contributed by atoms with E-state index in [4.69, 9.17) is 0 Å². The molecule has 2 unspecified atom stereocenters. The van der Waals surface area contributed by atoms with Crippen molar-refractivity contribution in [2.45, 2.75) is 43.9 Å². The molecule has 2 atom stereocenters. The van der Waals surface area contributed by atoms with E-state index in [1.807, 2.05) is 12.1 Å². The van der Waals surface area contributed by atoms with Gasteiger partial charge in [-0.3, -0.25) is 4.79 Å². The third-order valence-electron chi connectivity index (χ3n) is 3.69. The molecule has 3 heterocycles. The van der Waals surface area contributed by atoms with Gasteiger partial charge in [-0.05, 0) is 37.8 Å². The van der Waals surface area contributed by atoms with Gasteiger partial charge in [0.1, 0.15) is 0 Å². The summed E-state index contributed by atoms with van der Waals surface area (Å²) >= 11 is 1.56. The van der Waals surface area contributed by atoms with Crippen molar-refractivity contribution in [2.75, 3.05) is 4.90 Å². The lowest BCUT2D eigenvalue weighted by Crippen LogP contribution is -2.44. The molecule has 2 saturated heterocycles. The number of piperidine rings is 1. The number of carbonyl (C=O) groups excluding carboxylic acids is 1. The Balaban J connectivity index is 1.87. The van der Waals surface area contributed by atoms with Gasteiger partial charge < -0.3 is 10.0 Å². The topological polar surface area (TPSA) is 40.5 Å². The Hall–Kier alpha value is -0.870. The zero-order valence-corrected chi connectivity index (χ0v) is 9.82. The SMILES string of the molecule is O=Cc1ccc(N2C3CCC2CC(O)C3)s1. The third-order valence-corrected chi connectivity index (χ3v) is 4.72. The maximum absolute atomic E-state index is 10.7. The van der Waals surface area contributed by atoms with Crippen LogP contribution in [-0.4, -0.2) is 29.6 Å². The highest BCUT2D eigenvalue weighted by molar-refractivity contribution is 7.17. The van der Waals surface area contributed by atoms with Crippen molar-refractivity contribution in [3.8, 4) is 0 Å². The van der Waals surface area contributed by atoms with Crippen LogP contribution in [0.2, 0.25) is 0 Å². The van der Waals surface area contributed by atoms with E-state index in [-0.39, 0.29) is 6.10 Å². The molecule has 1 N–H and O–H groups in total. The first kappa shape index (κ1) is 10.3. The number of nitrogens with zero attached hydrogens (tertiary/aromatic N) is 1. The summed E-state index contributed by atoms with van der Waals surface area (Å²) in [6.07, 6.45) is 4.90. The lowest BCUT2D eigenvalue weighted by molar-refractivity contribution is 0.112. The number of hydrogen-bond acceptors (Lipinski definition) is 4. The van der Waals surface area contributed by atoms with Crippen LogP contribution < -0.4 is 4.90 Å². The molecule has 16 heavy (non-hydrogen) atoms. The second-order valence-electron chi connectivity index (χ2n) is 4.71. The van der Waals surface area contributed by atoms with Crippen LogP contribution in [0.15, 0.2) is 12.1 Å². The zero-order chi connectivity index (χ0) is 11.1. The Morgan fingerprint density at radius 3 is 2.56 bits per heavy atom. The molecule has 0 amide bonds. The minimum Gasteiger partial charge on any atom is -0.393 e. The van der Waals surface area contributed by atoms with Gasteiger partial charge in [-0.25, -0.2) is 0 Å². The zero-order valence-electron chi connectivity index (χ0n) is 9.00. The number of aldehydes is 1. The summed E-state index contributed by atoms with van der Waals surface area (Å²) in [4.78, 5) is 13.9. The fraction of sp³-hybridized carbons (Fsp3) is 0.583. The number of carbonyl (C=O) groups is 1. The molecule has 4 heteroatoms. The average Bonchev–Trinajstić information content (AvgIpc) is 2.81. The van der Waals surface area contributed by atoms with Crippen molar-refractivity contribution >= 4 is 22.6 Å². The van der Waals surface area contributed by atoms with Crippen molar-refractivity contribution in [2.24, 2.45) is 0 Å². The Labute approximate surface area is 98.7 Å². The number of hydrogen-bond donors (Lipinski definition) is 1. The smallest absolute Gasteiger partial charge is 0.160 e. The predicted molar refractivity (Wildman–Crippen MR) is 64.2 cm³/mol. The van der Waals surface area contributed by atoms with Crippen LogP contribution in [0.1, 0.15) is 35.4 Å². The van der Waals surface area contributed by atoms with E-state index < -0.39 is 0 Å². The highest BCUT2D eigenvalue weighted by atomic mass is 32.1. The Bertz CT molecular complexity index is 389. The van der Waals surface area contributed by atoms with Gasteiger partial charge in [0, 0.05) is 12.1 Å². The van der Waals surface area contributed by atoms with Crippen LogP contribution in [0, 0.1) is 0 Å². The number of fused-ring (bicyclic) bond motifs is 2. The summed E-state index contributed by atoms with van der Waals surface area (Å²) in [6.45, 7) is 0. The molecule has 0 aliphatic carbocycles. The van der Waals surface area contributed by atoms with Crippen molar-refractivity contribution in [1.82, 2.24) is 0 Å². The van der Waals surface area contributed by atoms with Crippen LogP contribution >= 0.6 is 11.3 Å². The maximum atomic E-state index is 10.7. The number of thiophene rings is 1. The summed E-state index contributed by atoms with van der Waals surface area (Å²) in [7, 11) is 0. The van der Waals surface area contributed by atoms with Gasteiger partial charge in [0.2, 0.25) is 0 Å². The second kappa shape index (κ2) is 3.86. The van der Waals surface area contributed by atoms with E-state index in [0.29, 0.717) is 12.1 Å². The molecule has 86 valence electrons. The van der Waals surface area contributed by atoms with Gasteiger partial charge in [-0.1, -0.05) is 0 Å². The Kier molecular flexibility index (Phi) is 2.48. The van der Waals surface area contributed by atoms with Crippen LogP contribution in [0.4, 0.5) is 5.00 Å². The molecular weight excluding hydrogens is 222 g/mol. The van der Waals surface area contributed by atoms with E-state index in [2.05, 4.69) is 4.90 Å². The molecule has 0 radical (unpaired) electrons. The number of rotatable bonds is 2. The summed E-state index contributed by atoms with van der Waals surface area (Å²) in [5.41, 5.74) is 0. The number of aliphatic hydroxyl groups is 1. The summed E-state index contributed by atoms with van der Waals surface area (Å²) in [5.74, 6) is 0. The molecule has 2 aliphatic rings. The predicted octanol–water partition coefficient (Wildman–Crippen LogP) is 2.05. The second-order valence-corrected chi connectivity index (χ2v) is 5.81. The maximum Gasteiger partial charge on any atom is 0.160 e. The number of aliphatic hydroxyl groups excluding tert-OH is 1. The van der Waals surface area contributed by atoms with E-state index in [9.17, 15) is 9.90 Å². The molecule has 3 rings (SSSR count). The van der Waals surface area contributed by atoms with Gasteiger partial charge in [0.05, 0.1) is 16.0 Å². The minimum atomic E-state index is -0.126. The standard InChI is InChI=1S/C12H15NO2S/c14-7-11-3-4-12(16-11)13-8-1-2-9(13)6-10(15)5-8/h3-4,7-10,15H,1-2,5-6H2. The summed E-state index contributed by atoms with van der Waals surface area (Å²) in [6, 6.07) is 4.88. The normalized spacial score (nSPS) is 33.1. The van der Waals surface area contributed by atoms with Crippen molar-refractivity contribution < 1.29 is 9.90 Å². The molecule has 3 nitrogen and oxygen atoms in total. The Morgan fingerprint density at radius 2 is 2.00 bits per heavy atom. The fourth-order valence-electron chi connectivity index (χ4n) is 3.05. The van der Waals surface area contributed by atoms with Crippen molar-refractivity contribution in [1.29, 1.82) is 0 Å². The molecule has 0 saturated carbocycles. The first-order chi connectivity index (χ1) is 7.78. The van der Waals surface area contributed by atoms with Gasteiger partial charge in [-0.15, -0.1) is 11.3 Å². The minimum absolute atomic E-state index is 0.126. The van der Waals surface area contributed by atoms with Crippen LogP contribution in [0.5, 0.6) is 0 Å². The molecule has 2 fully saturated rings. The van der Waals surface area contributed by atoms with E-state index in [0.717, 1.165) is 24.0 Å². The van der Waals surface area contributed by atoms with E-state index in [1.165, 1.54) is 17.8 Å². The molecule has 0 aromatic carbocycles. The van der Waals surface area contributed by atoms with Gasteiger partial charge in [0.25, 0.3) is 0 Å². The third kappa shape index (κ3) is 1.57. The fourth-order valence-corrected chi connectivity index (χ4v) is 4.02. The van der Waals surface area contributed by atoms with Gasteiger partial charge in [-0.2, -0.15) is 0 Å². The lowest BCUT2D eigenvalue weighted by atomic mass is 10.0. The highest BCUT2D eigenvalue weighted by Gasteiger charge is 2.40. The van der Waals surface area contributed by atoms with E-state index in [1.54, 1.807) is 11.3 Å². The first-order valence-electron chi connectivity index (χ1n) is 5.79. The van der Waals surface area contributed by atoms with Gasteiger partial charge >= 0.3 is 0 Å². The molecule has 2 bridgehead atoms. The number of anilines is 1. The monoisotopic (exact) mass is 237 g/mol. The van der Waals surface area contributed by atoms with Crippen LogP contribution in [0.25, 0.3) is 0 Å². The molecule has 0 spiro atoms. The average molecular weight is 237 g/mol. The van der Waals surface area contributed by atoms with Crippen molar-refractivity contribution in [3.63, 3.8) is 0 Å². The largest absolute Gasteiger partial charge is 0.393 e. The Morgan fingerprint density at radius 1 is 1.31 bits per heavy atom.